The molecule has 0 aromatic heterocycles. The predicted octanol–water partition coefficient (Wildman–Crippen LogP) is 8.21. The normalized spacial score (nSPS) is 8.97. The van der Waals surface area contributed by atoms with Crippen molar-refractivity contribution >= 4 is 0 Å². The van der Waals surface area contributed by atoms with Gasteiger partial charge in [0.15, 0.2) is 0 Å². The van der Waals surface area contributed by atoms with Crippen molar-refractivity contribution in [2.75, 3.05) is 14.1 Å². The Kier molecular flexibility index (Phi) is 29.5. The highest BCUT2D eigenvalue weighted by Gasteiger charge is 2.29. The van der Waals surface area contributed by atoms with Crippen molar-refractivity contribution in [3.05, 3.63) is 70.8 Å². The molecule has 0 radical (unpaired) electrons. The fourth-order valence-electron chi connectivity index (χ4n) is 1.89. The molecule has 188 valence electrons. The van der Waals surface area contributed by atoms with Gasteiger partial charge in [-0.15, -0.1) is 0 Å². The van der Waals surface area contributed by atoms with E-state index in [4.69, 9.17) is 0 Å². The van der Waals surface area contributed by atoms with E-state index in [9.17, 15) is 22.0 Å². The van der Waals surface area contributed by atoms with Crippen LogP contribution in [0.1, 0.15) is 72.1 Å². The largest absolute Gasteiger partial charge is 0.416 e. The molecule has 2 nitrogen and oxygen atoms in total. The molecule has 0 aliphatic rings. The molecule has 0 amide bonds. The van der Waals surface area contributed by atoms with E-state index in [1.54, 1.807) is 14.1 Å². The maximum Gasteiger partial charge on any atom is 0.416 e. The van der Waals surface area contributed by atoms with Crippen LogP contribution in [0.25, 0.3) is 0 Å². The zero-order valence-electron chi connectivity index (χ0n) is 21.3. The molecule has 0 fully saturated rings. The van der Waals surface area contributed by atoms with Gasteiger partial charge in [0.25, 0.3) is 0 Å². The van der Waals surface area contributed by atoms with Gasteiger partial charge in [-0.1, -0.05) is 73.6 Å². The van der Waals surface area contributed by atoms with Crippen LogP contribution in [0.3, 0.4) is 0 Å². The first kappa shape index (κ1) is 37.3. The van der Waals surface area contributed by atoms with Gasteiger partial charge in [0, 0.05) is 18.7 Å². The summed E-state index contributed by atoms with van der Waals surface area (Å²) in [6.45, 7) is 16.8. The molecule has 0 spiro atoms. The third kappa shape index (κ3) is 17.7. The highest BCUT2D eigenvalue weighted by atomic mass is 19.4. The topological polar surface area (TPSA) is 24.1 Å². The lowest BCUT2D eigenvalue weighted by Gasteiger charge is -2.06. The Balaban J connectivity index is -0.000000188. The molecule has 0 atom stereocenters. The molecular formula is C25H43F5N2. The molecule has 0 aliphatic heterocycles. The molecule has 0 saturated heterocycles. The van der Waals surface area contributed by atoms with Crippen LogP contribution in [0.4, 0.5) is 22.0 Å². The Morgan fingerprint density at radius 1 is 0.625 bits per heavy atom. The van der Waals surface area contributed by atoms with E-state index < -0.39 is 23.4 Å². The van der Waals surface area contributed by atoms with Crippen molar-refractivity contribution in [3.8, 4) is 0 Å². The standard InChI is InChI=1S/C9H10F3N.C8H9F2N.4C2H6/c1-13-6-7-2-4-8(5-3-7)9(10,11)12;1-11-5-6-7(9)3-2-4-8(6)10;4*1-2/h2-5,13H,6H2,1H3;2-4,11H,5H2,1H3;4*1-2H3. The van der Waals surface area contributed by atoms with E-state index in [1.165, 1.54) is 30.3 Å². The first-order chi connectivity index (χ1) is 15.3. The third-order valence-electron chi connectivity index (χ3n) is 3.08. The average molecular weight is 467 g/mol. The minimum absolute atomic E-state index is 0.0926. The van der Waals surface area contributed by atoms with Crippen LogP contribution in [0.2, 0.25) is 0 Å². The number of alkyl halides is 3. The fourth-order valence-corrected chi connectivity index (χ4v) is 1.89. The smallest absolute Gasteiger partial charge is 0.316 e. The lowest BCUT2D eigenvalue weighted by atomic mass is 10.1. The number of hydrogen-bond acceptors (Lipinski definition) is 2. The maximum atomic E-state index is 12.8. The van der Waals surface area contributed by atoms with E-state index in [0.29, 0.717) is 6.54 Å². The summed E-state index contributed by atoms with van der Waals surface area (Å²) in [4.78, 5) is 0. The fraction of sp³-hybridized carbons (Fsp3) is 0.520. The molecule has 2 aromatic carbocycles. The van der Waals surface area contributed by atoms with Crippen LogP contribution in [-0.4, -0.2) is 14.1 Å². The Morgan fingerprint density at radius 3 is 1.31 bits per heavy atom. The highest BCUT2D eigenvalue weighted by molar-refractivity contribution is 5.24. The summed E-state index contributed by atoms with van der Waals surface area (Å²) in [5.74, 6) is -1.00. The van der Waals surface area contributed by atoms with Crippen LogP contribution >= 0.6 is 0 Å². The molecular weight excluding hydrogens is 423 g/mol. The van der Waals surface area contributed by atoms with Crippen molar-refractivity contribution in [2.45, 2.75) is 74.7 Å². The van der Waals surface area contributed by atoms with Gasteiger partial charge in [-0.2, -0.15) is 13.2 Å². The second kappa shape index (κ2) is 25.3. The molecule has 0 unspecified atom stereocenters. The summed E-state index contributed by atoms with van der Waals surface area (Å²) >= 11 is 0. The van der Waals surface area contributed by atoms with Crippen LogP contribution in [0.15, 0.2) is 42.5 Å². The Morgan fingerprint density at radius 2 is 1.00 bits per heavy atom. The number of benzene rings is 2. The van der Waals surface area contributed by atoms with E-state index in [-0.39, 0.29) is 12.1 Å². The second-order valence-corrected chi connectivity index (χ2v) is 4.96. The molecule has 0 aliphatic carbocycles. The first-order valence-corrected chi connectivity index (χ1v) is 11.2. The summed E-state index contributed by atoms with van der Waals surface area (Å²) in [7, 11) is 3.39. The number of rotatable bonds is 4. The lowest BCUT2D eigenvalue weighted by molar-refractivity contribution is -0.137. The van der Waals surface area contributed by atoms with Crippen LogP contribution < -0.4 is 10.6 Å². The quantitative estimate of drug-likeness (QED) is 0.444. The minimum atomic E-state index is -4.24. The van der Waals surface area contributed by atoms with Crippen molar-refractivity contribution in [1.29, 1.82) is 0 Å². The maximum absolute atomic E-state index is 12.8. The van der Waals surface area contributed by atoms with Crippen molar-refractivity contribution < 1.29 is 22.0 Å². The van der Waals surface area contributed by atoms with Crippen LogP contribution in [-0.2, 0) is 19.3 Å². The lowest BCUT2D eigenvalue weighted by Crippen LogP contribution is -2.08. The van der Waals surface area contributed by atoms with Crippen molar-refractivity contribution in [3.63, 3.8) is 0 Å². The number of halogens is 5. The Labute approximate surface area is 192 Å². The summed E-state index contributed by atoms with van der Waals surface area (Å²) in [6.07, 6.45) is -4.24. The first-order valence-electron chi connectivity index (χ1n) is 11.2. The summed E-state index contributed by atoms with van der Waals surface area (Å²) in [5, 5.41) is 5.55. The monoisotopic (exact) mass is 466 g/mol. The number of hydrogen-bond donors (Lipinski definition) is 2. The summed E-state index contributed by atoms with van der Waals surface area (Å²) in [5.41, 5.74) is 0.331. The zero-order valence-corrected chi connectivity index (χ0v) is 21.3. The molecule has 7 heteroatoms. The minimum Gasteiger partial charge on any atom is -0.316 e. The molecule has 2 rings (SSSR count). The molecule has 32 heavy (non-hydrogen) atoms. The van der Waals surface area contributed by atoms with Gasteiger partial charge < -0.3 is 10.6 Å². The molecule has 0 bridgehead atoms. The van der Waals surface area contributed by atoms with Crippen molar-refractivity contribution in [2.24, 2.45) is 0 Å². The van der Waals surface area contributed by atoms with Crippen LogP contribution in [0.5, 0.6) is 0 Å². The van der Waals surface area contributed by atoms with E-state index in [2.05, 4.69) is 10.6 Å². The highest BCUT2D eigenvalue weighted by Crippen LogP contribution is 2.28. The van der Waals surface area contributed by atoms with Gasteiger partial charge in [0.2, 0.25) is 0 Å². The van der Waals surface area contributed by atoms with Gasteiger partial charge in [-0.25, -0.2) is 8.78 Å². The van der Waals surface area contributed by atoms with E-state index >= 15 is 0 Å². The summed E-state index contributed by atoms with van der Waals surface area (Å²) < 4.78 is 61.8. The van der Waals surface area contributed by atoms with Gasteiger partial charge in [0.05, 0.1) is 5.56 Å². The second-order valence-electron chi connectivity index (χ2n) is 4.96. The average Bonchev–Trinajstić information content (AvgIpc) is 2.82. The Bertz CT molecular complexity index is 607. The van der Waals surface area contributed by atoms with E-state index in [1.807, 2.05) is 55.4 Å². The summed E-state index contributed by atoms with van der Waals surface area (Å²) in [6, 6.07) is 8.97. The molecule has 0 saturated carbocycles. The van der Waals surface area contributed by atoms with Crippen LogP contribution in [0, 0.1) is 11.6 Å². The molecule has 2 N–H and O–H groups in total. The third-order valence-corrected chi connectivity index (χ3v) is 3.08. The Hall–Kier alpha value is -1.99. The van der Waals surface area contributed by atoms with Gasteiger partial charge in [0.1, 0.15) is 11.6 Å². The van der Waals surface area contributed by atoms with E-state index in [0.717, 1.165) is 17.7 Å². The van der Waals surface area contributed by atoms with Gasteiger partial charge in [-0.3, -0.25) is 0 Å². The van der Waals surface area contributed by atoms with Gasteiger partial charge in [-0.05, 0) is 43.9 Å². The van der Waals surface area contributed by atoms with Gasteiger partial charge >= 0.3 is 6.18 Å². The SMILES string of the molecule is CC.CC.CC.CC.CNCc1c(F)cccc1F.CNCc1ccc(C(F)(F)F)cc1. The number of nitrogens with one attached hydrogen (secondary N) is 2. The zero-order chi connectivity index (χ0) is 26.2. The molecule has 2 aromatic rings. The predicted molar refractivity (Wildman–Crippen MR) is 129 cm³/mol. The molecule has 0 heterocycles. The van der Waals surface area contributed by atoms with Crippen molar-refractivity contribution in [1.82, 2.24) is 10.6 Å².